The van der Waals surface area contributed by atoms with Crippen LogP contribution in [-0.2, 0) is 25.6 Å². The zero-order chi connectivity index (χ0) is 22.8. The Morgan fingerprint density at radius 2 is 1.55 bits per heavy atom. The van der Waals surface area contributed by atoms with E-state index in [-0.39, 0.29) is 6.42 Å². The SMILES string of the molecule is O=C(O)C(CO)NC(=O)C(Cc1ccccc1)NC(=O)C(CO)NC(=O)C1CCCN1. The van der Waals surface area contributed by atoms with Gasteiger partial charge in [-0.2, -0.15) is 0 Å². The van der Waals surface area contributed by atoms with E-state index in [1.165, 1.54) is 0 Å². The van der Waals surface area contributed by atoms with Gasteiger partial charge in [0.1, 0.15) is 18.1 Å². The van der Waals surface area contributed by atoms with Crippen LogP contribution in [0.15, 0.2) is 30.3 Å². The Kier molecular flexibility index (Phi) is 9.38. The van der Waals surface area contributed by atoms with Crippen LogP contribution >= 0.6 is 0 Å². The van der Waals surface area contributed by atoms with Crippen molar-refractivity contribution in [3.63, 3.8) is 0 Å². The molecule has 0 radical (unpaired) electrons. The number of nitrogens with one attached hydrogen (secondary N) is 4. The van der Waals surface area contributed by atoms with Crippen LogP contribution in [0.4, 0.5) is 0 Å². The molecule has 1 aliphatic heterocycles. The number of amides is 3. The number of aliphatic hydroxyl groups is 2. The highest BCUT2D eigenvalue weighted by Crippen LogP contribution is 2.07. The minimum atomic E-state index is -1.54. The molecule has 4 atom stereocenters. The van der Waals surface area contributed by atoms with Crippen molar-refractivity contribution in [2.45, 2.75) is 43.4 Å². The molecule has 1 heterocycles. The first-order valence-corrected chi connectivity index (χ1v) is 9.98. The van der Waals surface area contributed by atoms with Crippen LogP contribution < -0.4 is 21.3 Å². The fraction of sp³-hybridized carbons (Fsp3) is 0.500. The van der Waals surface area contributed by atoms with Crippen LogP contribution in [-0.4, -0.2) is 82.9 Å². The summed E-state index contributed by atoms with van der Waals surface area (Å²) < 4.78 is 0. The van der Waals surface area contributed by atoms with Crippen molar-refractivity contribution in [3.05, 3.63) is 35.9 Å². The van der Waals surface area contributed by atoms with E-state index >= 15 is 0 Å². The molecule has 0 aromatic heterocycles. The van der Waals surface area contributed by atoms with Crippen molar-refractivity contribution in [3.8, 4) is 0 Å². The van der Waals surface area contributed by atoms with E-state index in [4.69, 9.17) is 10.2 Å². The quantitative estimate of drug-likeness (QED) is 0.199. The van der Waals surface area contributed by atoms with E-state index in [2.05, 4.69) is 21.3 Å². The molecular formula is C20H28N4O7. The summed E-state index contributed by atoms with van der Waals surface area (Å²) in [5.74, 6) is -3.47. The molecule has 1 aromatic rings. The van der Waals surface area contributed by atoms with Crippen molar-refractivity contribution in [2.75, 3.05) is 19.8 Å². The molecule has 1 aliphatic rings. The molecule has 2 rings (SSSR count). The first-order chi connectivity index (χ1) is 14.8. The molecule has 1 fully saturated rings. The molecule has 7 N–H and O–H groups in total. The van der Waals surface area contributed by atoms with Gasteiger partial charge in [0.05, 0.1) is 19.3 Å². The third kappa shape index (κ3) is 7.31. The summed E-state index contributed by atoms with van der Waals surface area (Å²) in [5.41, 5.74) is 0.693. The largest absolute Gasteiger partial charge is 0.480 e. The van der Waals surface area contributed by atoms with Crippen LogP contribution in [0.2, 0.25) is 0 Å². The number of carbonyl (C=O) groups is 4. The Labute approximate surface area is 179 Å². The number of aliphatic carboxylic acids is 1. The third-order valence-corrected chi connectivity index (χ3v) is 4.91. The van der Waals surface area contributed by atoms with Crippen LogP contribution in [0.5, 0.6) is 0 Å². The maximum absolute atomic E-state index is 12.7. The molecule has 11 heteroatoms. The van der Waals surface area contributed by atoms with E-state index in [1.54, 1.807) is 30.3 Å². The van der Waals surface area contributed by atoms with Crippen LogP contribution in [0.3, 0.4) is 0 Å². The number of benzene rings is 1. The predicted molar refractivity (Wildman–Crippen MR) is 109 cm³/mol. The monoisotopic (exact) mass is 436 g/mol. The lowest BCUT2D eigenvalue weighted by molar-refractivity contribution is -0.143. The molecule has 4 unspecified atom stereocenters. The lowest BCUT2D eigenvalue weighted by Gasteiger charge is -2.24. The zero-order valence-electron chi connectivity index (χ0n) is 16.9. The minimum Gasteiger partial charge on any atom is -0.480 e. The molecule has 0 aliphatic carbocycles. The van der Waals surface area contributed by atoms with Crippen molar-refractivity contribution in [2.24, 2.45) is 0 Å². The number of aliphatic hydroxyl groups excluding tert-OH is 2. The van der Waals surface area contributed by atoms with E-state index < -0.39 is 61.1 Å². The van der Waals surface area contributed by atoms with Gasteiger partial charge in [-0.1, -0.05) is 30.3 Å². The molecule has 0 bridgehead atoms. The Morgan fingerprint density at radius 3 is 2.10 bits per heavy atom. The average molecular weight is 436 g/mol. The maximum atomic E-state index is 12.7. The maximum Gasteiger partial charge on any atom is 0.328 e. The lowest BCUT2D eigenvalue weighted by atomic mass is 10.0. The number of hydrogen-bond donors (Lipinski definition) is 7. The first kappa shape index (κ1) is 24.3. The molecule has 170 valence electrons. The van der Waals surface area contributed by atoms with Crippen molar-refractivity contribution >= 4 is 23.7 Å². The van der Waals surface area contributed by atoms with Crippen LogP contribution in [0, 0.1) is 0 Å². The fourth-order valence-corrected chi connectivity index (χ4v) is 3.16. The van der Waals surface area contributed by atoms with Gasteiger partial charge in [-0.05, 0) is 24.9 Å². The number of carboxylic acids is 1. The van der Waals surface area contributed by atoms with Crippen LogP contribution in [0.1, 0.15) is 18.4 Å². The van der Waals surface area contributed by atoms with Crippen molar-refractivity contribution in [1.29, 1.82) is 0 Å². The van der Waals surface area contributed by atoms with Crippen molar-refractivity contribution in [1.82, 2.24) is 21.3 Å². The summed E-state index contributed by atoms with van der Waals surface area (Å²) in [6, 6.07) is 4.24. The molecule has 1 aromatic carbocycles. The van der Waals surface area contributed by atoms with E-state index in [0.717, 1.165) is 6.42 Å². The number of carbonyl (C=O) groups excluding carboxylic acids is 3. The average Bonchev–Trinajstić information content (AvgIpc) is 3.30. The van der Waals surface area contributed by atoms with Gasteiger partial charge in [-0.3, -0.25) is 14.4 Å². The Balaban J connectivity index is 2.09. The molecule has 0 spiro atoms. The zero-order valence-corrected chi connectivity index (χ0v) is 16.9. The smallest absolute Gasteiger partial charge is 0.328 e. The van der Waals surface area contributed by atoms with Gasteiger partial charge < -0.3 is 36.6 Å². The summed E-state index contributed by atoms with van der Waals surface area (Å²) in [6.07, 6.45) is 1.47. The summed E-state index contributed by atoms with van der Waals surface area (Å²) in [5, 5.41) is 37.9. The summed E-state index contributed by atoms with van der Waals surface area (Å²) in [6.45, 7) is -0.821. The van der Waals surface area contributed by atoms with Gasteiger partial charge >= 0.3 is 5.97 Å². The van der Waals surface area contributed by atoms with Gasteiger partial charge in [-0.15, -0.1) is 0 Å². The molecule has 0 saturated carbocycles. The predicted octanol–water partition coefficient (Wildman–Crippen LogP) is -2.50. The van der Waals surface area contributed by atoms with Crippen molar-refractivity contribution < 1.29 is 34.5 Å². The highest BCUT2D eigenvalue weighted by Gasteiger charge is 2.31. The number of rotatable bonds is 11. The second-order valence-electron chi connectivity index (χ2n) is 7.23. The standard InChI is InChI=1S/C20H28N4O7/c25-10-15(23-17(27)13-7-4-8-21-13)19(29)22-14(9-12-5-2-1-3-6-12)18(28)24-16(11-26)20(30)31/h1-3,5-6,13-16,21,25-26H,4,7-11H2,(H,22,29)(H,23,27)(H,24,28)(H,30,31). The van der Waals surface area contributed by atoms with Gasteiger partial charge in [0, 0.05) is 6.42 Å². The molecule has 31 heavy (non-hydrogen) atoms. The van der Waals surface area contributed by atoms with Gasteiger partial charge in [0.15, 0.2) is 0 Å². The summed E-state index contributed by atoms with van der Waals surface area (Å²) >= 11 is 0. The highest BCUT2D eigenvalue weighted by atomic mass is 16.4. The summed E-state index contributed by atoms with van der Waals surface area (Å²) in [7, 11) is 0. The Bertz CT molecular complexity index is 768. The van der Waals surface area contributed by atoms with E-state index in [0.29, 0.717) is 18.5 Å². The molecule has 1 saturated heterocycles. The number of carboxylic acid groups (broad SMARTS) is 1. The van der Waals surface area contributed by atoms with E-state index in [9.17, 15) is 24.3 Å². The molecule has 3 amide bonds. The molecular weight excluding hydrogens is 408 g/mol. The Morgan fingerprint density at radius 1 is 0.935 bits per heavy atom. The molecule has 11 nitrogen and oxygen atoms in total. The second kappa shape index (κ2) is 12.0. The number of hydrogen-bond acceptors (Lipinski definition) is 7. The lowest BCUT2D eigenvalue weighted by Crippen LogP contribution is -2.58. The fourth-order valence-electron chi connectivity index (χ4n) is 3.16. The summed E-state index contributed by atoms with van der Waals surface area (Å²) in [4.78, 5) is 48.7. The second-order valence-corrected chi connectivity index (χ2v) is 7.23. The normalized spacial score (nSPS) is 18.5. The highest BCUT2D eigenvalue weighted by molar-refractivity contribution is 5.94. The van der Waals surface area contributed by atoms with Gasteiger partial charge in [0.2, 0.25) is 17.7 Å². The first-order valence-electron chi connectivity index (χ1n) is 9.98. The Hall–Kier alpha value is -3.02. The van der Waals surface area contributed by atoms with E-state index in [1.807, 2.05) is 0 Å². The minimum absolute atomic E-state index is 0.0342. The third-order valence-electron chi connectivity index (χ3n) is 4.91. The van der Waals surface area contributed by atoms with Gasteiger partial charge in [-0.25, -0.2) is 4.79 Å². The van der Waals surface area contributed by atoms with Crippen LogP contribution in [0.25, 0.3) is 0 Å². The topological polar surface area (TPSA) is 177 Å². The van der Waals surface area contributed by atoms with Gasteiger partial charge in [0.25, 0.3) is 0 Å².